The monoisotopic (exact) mass is 275 g/mol. The lowest BCUT2D eigenvalue weighted by molar-refractivity contribution is 0.196. The normalized spacial score (nSPS) is 10.2. The summed E-state index contributed by atoms with van der Waals surface area (Å²) in [6.45, 7) is 1.41. The lowest BCUT2D eigenvalue weighted by atomic mass is 10.2. The number of carbonyl (C=O) groups excluding carboxylic acids is 1. The number of ether oxygens (including phenoxy) is 1. The van der Waals surface area contributed by atoms with Crippen molar-refractivity contribution in [3.05, 3.63) is 42.5 Å². The number of nitrogens with zero attached hydrogens (tertiary/aromatic N) is 1. The molecule has 0 aliphatic heterocycles. The molecule has 6 nitrogen and oxygen atoms in total. The van der Waals surface area contributed by atoms with Gasteiger partial charge < -0.3 is 19.8 Å². The van der Waals surface area contributed by atoms with Gasteiger partial charge in [-0.1, -0.05) is 6.07 Å². The lowest BCUT2D eigenvalue weighted by Crippen LogP contribution is -2.36. The van der Waals surface area contributed by atoms with Crippen LogP contribution in [0.4, 0.5) is 4.79 Å². The van der Waals surface area contributed by atoms with Crippen molar-refractivity contribution < 1.29 is 13.9 Å². The molecule has 0 aliphatic rings. The van der Waals surface area contributed by atoms with Crippen LogP contribution in [0.1, 0.15) is 5.56 Å². The Labute approximate surface area is 117 Å². The van der Waals surface area contributed by atoms with Crippen molar-refractivity contribution in [2.75, 3.05) is 20.3 Å². The molecule has 6 heteroatoms. The Kier molecular flexibility index (Phi) is 5.14. The average Bonchev–Trinajstić information content (AvgIpc) is 3.00. The highest BCUT2D eigenvalue weighted by Crippen LogP contribution is 2.16. The van der Waals surface area contributed by atoms with Crippen LogP contribution in [-0.2, 0) is 11.3 Å². The number of aromatic nitrogens is 1. The number of hydrogen-bond acceptors (Lipinski definition) is 4. The Bertz CT molecular complexity index is 523. The van der Waals surface area contributed by atoms with E-state index in [9.17, 15) is 4.79 Å². The predicted octanol–water partition coefficient (Wildman–Crippen LogP) is 1.79. The number of urea groups is 1. The van der Waals surface area contributed by atoms with E-state index in [0.717, 1.165) is 16.8 Å². The summed E-state index contributed by atoms with van der Waals surface area (Å²) in [5, 5.41) is 5.43. The number of carbonyl (C=O) groups is 1. The van der Waals surface area contributed by atoms with Crippen LogP contribution in [0.3, 0.4) is 0 Å². The van der Waals surface area contributed by atoms with Crippen molar-refractivity contribution >= 4 is 6.03 Å². The number of methoxy groups -OCH3 is 1. The van der Waals surface area contributed by atoms with Gasteiger partial charge in [-0.25, -0.2) is 4.79 Å². The van der Waals surface area contributed by atoms with Crippen molar-refractivity contribution in [1.29, 1.82) is 0 Å². The number of nitrogens with one attached hydrogen (secondary N) is 2. The SMILES string of the molecule is COCCNC(=O)NCc1ccc(-c2ccoc2)nc1. The van der Waals surface area contributed by atoms with Gasteiger partial charge in [-0.15, -0.1) is 0 Å². The summed E-state index contributed by atoms with van der Waals surface area (Å²) in [7, 11) is 1.59. The molecule has 0 saturated heterocycles. The zero-order valence-corrected chi connectivity index (χ0v) is 11.3. The topological polar surface area (TPSA) is 76.4 Å². The number of pyridine rings is 1. The highest BCUT2D eigenvalue weighted by Gasteiger charge is 2.02. The Morgan fingerprint density at radius 3 is 2.90 bits per heavy atom. The molecule has 2 amide bonds. The zero-order chi connectivity index (χ0) is 14.2. The molecule has 2 heterocycles. The molecule has 0 spiro atoms. The molecule has 2 rings (SSSR count). The summed E-state index contributed by atoms with van der Waals surface area (Å²) < 4.78 is 9.85. The molecule has 2 N–H and O–H groups in total. The molecule has 0 saturated carbocycles. The fraction of sp³-hybridized carbons (Fsp3) is 0.286. The third kappa shape index (κ3) is 4.10. The summed E-state index contributed by atoms with van der Waals surface area (Å²) in [5.41, 5.74) is 2.70. The summed E-state index contributed by atoms with van der Waals surface area (Å²) in [5.74, 6) is 0. The highest BCUT2D eigenvalue weighted by molar-refractivity contribution is 5.73. The van der Waals surface area contributed by atoms with Crippen LogP contribution in [0.25, 0.3) is 11.3 Å². The Hall–Kier alpha value is -2.34. The predicted molar refractivity (Wildman–Crippen MR) is 74.1 cm³/mol. The van der Waals surface area contributed by atoms with Gasteiger partial charge in [0.25, 0.3) is 0 Å². The van der Waals surface area contributed by atoms with Crippen LogP contribution in [-0.4, -0.2) is 31.3 Å². The van der Waals surface area contributed by atoms with Gasteiger partial charge in [-0.05, 0) is 17.7 Å². The maximum absolute atomic E-state index is 11.4. The first-order valence-corrected chi connectivity index (χ1v) is 6.27. The second-order valence-electron chi connectivity index (χ2n) is 4.17. The maximum Gasteiger partial charge on any atom is 0.315 e. The molecular formula is C14H17N3O3. The maximum atomic E-state index is 11.4. The van der Waals surface area contributed by atoms with Crippen molar-refractivity contribution in [2.24, 2.45) is 0 Å². The molecular weight excluding hydrogens is 258 g/mol. The van der Waals surface area contributed by atoms with Crippen molar-refractivity contribution in [3.63, 3.8) is 0 Å². The highest BCUT2D eigenvalue weighted by atomic mass is 16.5. The smallest absolute Gasteiger partial charge is 0.315 e. The van der Waals surface area contributed by atoms with Gasteiger partial charge in [0.1, 0.15) is 0 Å². The minimum Gasteiger partial charge on any atom is -0.472 e. The largest absolute Gasteiger partial charge is 0.472 e. The van der Waals surface area contributed by atoms with E-state index >= 15 is 0 Å². The van der Waals surface area contributed by atoms with Gasteiger partial charge in [0.15, 0.2) is 0 Å². The summed E-state index contributed by atoms with van der Waals surface area (Å²) >= 11 is 0. The molecule has 0 atom stereocenters. The van der Waals surface area contributed by atoms with E-state index < -0.39 is 0 Å². The van der Waals surface area contributed by atoms with E-state index in [0.29, 0.717) is 19.7 Å². The van der Waals surface area contributed by atoms with E-state index in [1.54, 1.807) is 25.8 Å². The van der Waals surface area contributed by atoms with E-state index in [-0.39, 0.29) is 6.03 Å². The molecule has 0 aromatic carbocycles. The van der Waals surface area contributed by atoms with Crippen LogP contribution < -0.4 is 10.6 Å². The quantitative estimate of drug-likeness (QED) is 0.788. The summed E-state index contributed by atoms with van der Waals surface area (Å²) in [6.07, 6.45) is 4.98. The summed E-state index contributed by atoms with van der Waals surface area (Å²) in [6, 6.07) is 5.44. The second kappa shape index (κ2) is 7.30. The molecule has 0 aliphatic carbocycles. The molecule has 2 aromatic rings. The second-order valence-corrected chi connectivity index (χ2v) is 4.17. The Morgan fingerprint density at radius 1 is 1.35 bits per heavy atom. The minimum absolute atomic E-state index is 0.221. The number of furan rings is 1. The van der Waals surface area contributed by atoms with Crippen LogP contribution in [0.5, 0.6) is 0 Å². The Balaban J connectivity index is 1.81. The van der Waals surface area contributed by atoms with Crippen molar-refractivity contribution in [3.8, 4) is 11.3 Å². The van der Waals surface area contributed by atoms with Crippen LogP contribution in [0.2, 0.25) is 0 Å². The molecule has 20 heavy (non-hydrogen) atoms. The first kappa shape index (κ1) is 14.1. The third-order valence-electron chi connectivity index (χ3n) is 2.69. The van der Waals surface area contributed by atoms with E-state index in [1.807, 2.05) is 18.2 Å². The standard InChI is InChI=1S/C14H17N3O3/c1-19-7-5-15-14(18)17-9-11-2-3-13(16-8-11)12-4-6-20-10-12/h2-4,6,8,10H,5,7,9H2,1H3,(H2,15,17,18). The van der Waals surface area contributed by atoms with Gasteiger partial charge >= 0.3 is 6.03 Å². The fourth-order valence-electron chi connectivity index (χ4n) is 1.62. The van der Waals surface area contributed by atoms with Gasteiger partial charge in [0, 0.05) is 32.0 Å². The third-order valence-corrected chi connectivity index (χ3v) is 2.69. The molecule has 0 radical (unpaired) electrons. The van der Waals surface area contributed by atoms with Gasteiger partial charge in [-0.2, -0.15) is 0 Å². The Morgan fingerprint density at radius 2 is 2.25 bits per heavy atom. The van der Waals surface area contributed by atoms with Gasteiger partial charge in [0.05, 0.1) is 24.8 Å². The zero-order valence-electron chi connectivity index (χ0n) is 11.3. The van der Waals surface area contributed by atoms with E-state index in [4.69, 9.17) is 9.15 Å². The van der Waals surface area contributed by atoms with Crippen LogP contribution in [0, 0.1) is 0 Å². The lowest BCUT2D eigenvalue weighted by Gasteiger charge is -2.07. The molecule has 106 valence electrons. The van der Waals surface area contributed by atoms with Crippen LogP contribution >= 0.6 is 0 Å². The average molecular weight is 275 g/mol. The van der Waals surface area contributed by atoms with Crippen molar-refractivity contribution in [1.82, 2.24) is 15.6 Å². The number of amides is 2. The first-order valence-electron chi connectivity index (χ1n) is 6.27. The molecule has 0 bridgehead atoms. The first-order chi connectivity index (χ1) is 9.79. The summed E-state index contributed by atoms with van der Waals surface area (Å²) in [4.78, 5) is 15.8. The van der Waals surface area contributed by atoms with E-state index in [2.05, 4.69) is 15.6 Å². The fourth-order valence-corrected chi connectivity index (χ4v) is 1.62. The van der Waals surface area contributed by atoms with Crippen LogP contribution in [0.15, 0.2) is 41.3 Å². The van der Waals surface area contributed by atoms with E-state index in [1.165, 1.54) is 0 Å². The number of rotatable bonds is 6. The van der Waals surface area contributed by atoms with Gasteiger partial charge in [0.2, 0.25) is 0 Å². The molecule has 2 aromatic heterocycles. The minimum atomic E-state index is -0.221. The molecule has 0 unspecified atom stereocenters. The van der Waals surface area contributed by atoms with Gasteiger partial charge in [-0.3, -0.25) is 4.98 Å². The van der Waals surface area contributed by atoms with Crippen molar-refractivity contribution in [2.45, 2.75) is 6.54 Å². The molecule has 0 fully saturated rings. The number of hydrogen-bond donors (Lipinski definition) is 2.